The largest absolute Gasteiger partial charge is 0.309 e. The zero-order valence-corrected chi connectivity index (χ0v) is 30.7. The maximum Gasteiger partial charge on any atom is 0.0541 e. The highest BCUT2D eigenvalue weighted by Gasteiger charge is 2.14. The maximum atomic E-state index is 2.37. The zero-order chi connectivity index (χ0) is 37.0. The van der Waals surface area contributed by atoms with Crippen molar-refractivity contribution in [2.75, 3.05) is 0 Å². The Labute approximate surface area is 325 Å². The van der Waals surface area contributed by atoms with Crippen molar-refractivity contribution in [3.05, 3.63) is 216 Å². The van der Waals surface area contributed by atoms with Gasteiger partial charge >= 0.3 is 0 Å². The molecule has 0 aliphatic rings. The van der Waals surface area contributed by atoms with Crippen LogP contribution in [0, 0.1) is 0 Å². The number of hydrogen-bond donors (Lipinski definition) is 0. The van der Waals surface area contributed by atoms with Gasteiger partial charge in [0.2, 0.25) is 0 Å². The molecule has 0 aliphatic carbocycles. The van der Waals surface area contributed by atoms with E-state index in [1.807, 2.05) is 0 Å². The van der Waals surface area contributed by atoms with Crippen LogP contribution in [0.1, 0.15) is 22.3 Å². The van der Waals surface area contributed by atoms with E-state index in [4.69, 9.17) is 0 Å². The molecule has 0 saturated heterocycles. The van der Waals surface area contributed by atoms with Crippen LogP contribution in [-0.4, -0.2) is 9.13 Å². The van der Waals surface area contributed by atoms with Crippen molar-refractivity contribution >= 4 is 89.5 Å². The van der Waals surface area contributed by atoms with Crippen LogP contribution in [0.25, 0.3) is 101 Å². The Bertz CT molecular complexity index is 2950. The van der Waals surface area contributed by atoms with Crippen LogP contribution < -0.4 is 0 Å². The van der Waals surface area contributed by atoms with E-state index in [0.29, 0.717) is 0 Å². The summed E-state index contributed by atoms with van der Waals surface area (Å²) in [7, 11) is 0. The second-order valence-electron chi connectivity index (χ2n) is 14.5. The molecule has 2 nitrogen and oxygen atoms in total. The highest BCUT2D eigenvalue weighted by molar-refractivity contribution is 6.15. The first kappa shape index (κ1) is 32.0. The van der Waals surface area contributed by atoms with Gasteiger partial charge in [0.25, 0.3) is 0 Å². The van der Waals surface area contributed by atoms with Crippen LogP contribution in [0.15, 0.2) is 194 Å². The standard InChI is InChI=1S/C54H36N2/c1-2-14-42-41(13-1)45(35-29-37-25-31-39(32-26-37)55-51-21-9-5-17-47(51)48-18-6-10-22-52(48)55)43-15-3-4-16-44(43)46(42)36-30-38-27-33-40(34-28-38)56-53-23-11-7-19-49(53)50-20-8-12-24-54(50)56/h1-36H/b35-29+,36-30+. The Balaban J connectivity index is 0.943. The summed E-state index contributed by atoms with van der Waals surface area (Å²) >= 11 is 0. The molecule has 0 amide bonds. The van der Waals surface area contributed by atoms with Crippen LogP contribution in [-0.2, 0) is 0 Å². The predicted octanol–water partition coefficient (Wildman–Crippen LogP) is 14.5. The summed E-state index contributed by atoms with van der Waals surface area (Å²) in [4.78, 5) is 0. The normalized spacial score (nSPS) is 12.1. The number of aromatic nitrogens is 2. The van der Waals surface area contributed by atoms with Gasteiger partial charge in [0.1, 0.15) is 0 Å². The molecule has 11 aromatic rings. The predicted molar refractivity (Wildman–Crippen MR) is 241 cm³/mol. The van der Waals surface area contributed by atoms with Crippen molar-refractivity contribution < 1.29 is 0 Å². The molecule has 9 aromatic carbocycles. The molecule has 262 valence electrons. The fourth-order valence-electron chi connectivity index (χ4n) is 8.78. The van der Waals surface area contributed by atoms with E-state index < -0.39 is 0 Å². The number of fused-ring (bicyclic) bond motifs is 8. The average Bonchev–Trinajstić information content (AvgIpc) is 3.78. The van der Waals surface area contributed by atoms with Crippen LogP contribution >= 0.6 is 0 Å². The van der Waals surface area contributed by atoms with Gasteiger partial charge in [0.15, 0.2) is 0 Å². The summed E-state index contributed by atoms with van der Waals surface area (Å²) in [6, 6.07) is 70.1. The Morgan fingerprint density at radius 3 is 0.768 bits per heavy atom. The number of benzene rings is 9. The summed E-state index contributed by atoms with van der Waals surface area (Å²) in [5, 5.41) is 10.1. The Morgan fingerprint density at radius 2 is 0.482 bits per heavy atom. The minimum atomic E-state index is 1.16. The van der Waals surface area contributed by atoms with E-state index in [1.165, 1.54) is 76.3 Å². The highest BCUT2D eigenvalue weighted by Crippen LogP contribution is 2.37. The van der Waals surface area contributed by atoms with Crippen molar-refractivity contribution in [2.45, 2.75) is 0 Å². The van der Waals surface area contributed by atoms with Crippen LogP contribution in [0.4, 0.5) is 0 Å². The number of rotatable bonds is 6. The van der Waals surface area contributed by atoms with E-state index in [-0.39, 0.29) is 0 Å². The number of hydrogen-bond acceptors (Lipinski definition) is 0. The van der Waals surface area contributed by atoms with Crippen LogP contribution in [0.3, 0.4) is 0 Å². The summed E-state index contributed by atoms with van der Waals surface area (Å²) in [6.45, 7) is 0. The SMILES string of the molecule is C(=C\c1c2ccccc2c(/C=C/c2ccc(-n3c4ccccc4c4ccccc43)cc2)c2ccccc12)/c1ccc(-n2c3ccccc3c3ccccc32)cc1. The molecule has 0 fully saturated rings. The van der Waals surface area contributed by atoms with Gasteiger partial charge in [-0.1, -0.05) is 170 Å². The van der Waals surface area contributed by atoms with Gasteiger partial charge in [-0.3, -0.25) is 0 Å². The molecule has 56 heavy (non-hydrogen) atoms. The summed E-state index contributed by atoms with van der Waals surface area (Å²) in [5.41, 5.74) is 12.0. The van der Waals surface area contributed by atoms with Gasteiger partial charge in [-0.25, -0.2) is 0 Å². The lowest BCUT2D eigenvalue weighted by Crippen LogP contribution is -1.93. The molecular formula is C54H36N2. The van der Waals surface area contributed by atoms with E-state index in [9.17, 15) is 0 Å². The van der Waals surface area contributed by atoms with E-state index >= 15 is 0 Å². The molecule has 0 spiro atoms. The van der Waals surface area contributed by atoms with Crippen molar-refractivity contribution in [1.29, 1.82) is 0 Å². The second kappa shape index (κ2) is 13.2. The molecule has 0 unspecified atom stereocenters. The Kier molecular flexibility index (Phi) is 7.53. The molecule has 2 aromatic heterocycles. The van der Waals surface area contributed by atoms with E-state index in [1.54, 1.807) is 0 Å². The molecule has 11 rings (SSSR count). The quantitative estimate of drug-likeness (QED) is 0.120. The molecule has 0 bridgehead atoms. The van der Waals surface area contributed by atoms with Gasteiger partial charge in [-0.2, -0.15) is 0 Å². The molecule has 0 atom stereocenters. The van der Waals surface area contributed by atoms with Crippen molar-refractivity contribution in [3.63, 3.8) is 0 Å². The molecule has 0 N–H and O–H groups in total. The van der Waals surface area contributed by atoms with Gasteiger partial charge in [0.05, 0.1) is 22.1 Å². The topological polar surface area (TPSA) is 9.86 Å². The molecule has 0 aliphatic heterocycles. The molecular weight excluding hydrogens is 677 g/mol. The lowest BCUT2D eigenvalue weighted by molar-refractivity contribution is 1.18. The summed E-state index contributed by atoms with van der Waals surface area (Å²) in [5.74, 6) is 0. The zero-order valence-electron chi connectivity index (χ0n) is 30.7. The van der Waals surface area contributed by atoms with E-state index in [2.05, 4.69) is 228 Å². The summed E-state index contributed by atoms with van der Waals surface area (Å²) < 4.78 is 4.73. The number of nitrogens with zero attached hydrogens (tertiary/aromatic N) is 2. The Hall–Kier alpha value is -7.42. The Morgan fingerprint density at radius 1 is 0.232 bits per heavy atom. The van der Waals surface area contributed by atoms with Crippen molar-refractivity contribution in [3.8, 4) is 11.4 Å². The fourth-order valence-corrected chi connectivity index (χ4v) is 8.78. The van der Waals surface area contributed by atoms with Crippen molar-refractivity contribution in [2.24, 2.45) is 0 Å². The van der Waals surface area contributed by atoms with Gasteiger partial charge in [0, 0.05) is 32.9 Å². The monoisotopic (exact) mass is 712 g/mol. The first-order chi connectivity index (χ1) is 27.8. The minimum Gasteiger partial charge on any atom is -0.309 e. The maximum absolute atomic E-state index is 2.37. The van der Waals surface area contributed by atoms with Crippen molar-refractivity contribution in [1.82, 2.24) is 9.13 Å². The smallest absolute Gasteiger partial charge is 0.0541 e. The first-order valence-corrected chi connectivity index (χ1v) is 19.3. The molecule has 2 heteroatoms. The van der Waals surface area contributed by atoms with Crippen LogP contribution in [0.5, 0.6) is 0 Å². The summed E-state index contributed by atoms with van der Waals surface area (Å²) in [6.07, 6.45) is 9.08. The molecule has 0 radical (unpaired) electrons. The van der Waals surface area contributed by atoms with Gasteiger partial charge in [-0.05, 0) is 92.3 Å². The second-order valence-corrected chi connectivity index (χ2v) is 14.5. The van der Waals surface area contributed by atoms with Crippen LogP contribution in [0.2, 0.25) is 0 Å². The third-order valence-electron chi connectivity index (χ3n) is 11.4. The minimum absolute atomic E-state index is 1.16. The van der Waals surface area contributed by atoms with E-state index in [0.717, 1.165) is 22.5 Å². The number of para-hydroxylation sites is 4. The fraction of sp³-hybridized carbons (Fsp3) is 0. The van der Waals surface area contributed by atoms with Gasteiger partial charge in [-0.15, -0.1) is 0 Å². The lowest BCUT2D eigenvalue weighted by Gasteiger charge is -2.13. The molecule has 0 saturated carbocycles. The third-order valence-corrected chi connectivity index (χ3v) is 11.4. The first-order valence-electron chi connectivity index (χ1n) is 19.3. The van der Waals surface area contributed by atoms with Gasteiger partial charge < -0.3 is 9.13 Å². The molecule has 2 heterocycles. The average molecular weight is 713 g/mol. The lowest BCUT2D eigenvalue weighted by atomic mass is 9.91. The highest BCUT2D eigenvalue weighted by atomic mass is 15.0. The third kappa shape index (κ3) is 5.19.